The van der Waals surface area contributed by atoms with Crippen molar-refractivity contribution >= 4 is 23.2 Å². The van der Waals surface area contributed by atoms with Crippen molar-refractivity contribution in [2.45, 2.75) is 13.3 Å². The molecule has 0 fully saturated rings. The van der Waals surface area contributed by atoms with Crippen molar-refractivity contribution in [1.82, 2.24) is 9.97 Å². The van der Waals surface area contributed by atoms with Crippen LogP contribution in [0.5, 0.6) is 0 Å². The third kappa shape index (κ3) is 2.56. The van der Waals surface area contributed by atoms with Crippen LogP contribution in [0.3, 0.4) is 0 Å². The highest BCUT2D eigenvalue weighted by Crippen LogP contribution is 2.26. The second-order valence-corrected chi connectivity index (χ2v) is 4.25. The minimum absolute atomic E-state index is 0.0455. The number of hydrogen-bond donors (Lipinski definition) is 0. The molecule has 1 heterocycles. The number of benzene rings is 1. The Hall–Kier alpha value is -1.19. The highest BCUT2D eigenvalue weighted by molar-refractivity contribution is 6.31. The summed E-state index contributed by atoms with van der Waals surface area (Å²) in [7, 11) is 0. The predicted molar refractivity (Wildman–Crippen MR) is 66.8 cm³/mol. The van der Waals surface area contributed by atoms with Crippen LogP contribution >= 0.6 is 23.2 Å². The lowest BCUT2D eigenvalue weighted by molar-refractivity contribution is 0.630. The van der Waals surface area contributed by atoms with Gasteiger partial charge in [-0.2, -0.15) is 0 Å². The molecule has 88 valence electrons. The quantitative estimate of drug-likeness (QED) is 0.767. The normalized spacial score (nSPS) is 10.6. The van der Waals surface area contributed by atoms with Gasteiger partial charge in [-0.1, -0.05) is 36.2 Å². The third-order valence-corrected chi connectivity index (χ3v) is 2.79. The summed E-state index contributed by atoms with van der Waals surface area (Å²) in [5.41, 5.74) is 1.02. The summed E-state index contributed by atoms with van der Waals surface area (Å²) in [5, 5.41) is 0.343. The van der Waals surface area contributed by atoms with Gasteiger partial charge in [-0.3, -0.25) is 0 Å². The standard InChI is InChI=1S/C12H9Cl2FN2/c1-2-7-6-10(14)17-12(16-7)8-4-3-5-9(13)11(8)15/h3-6H,2H2,1H3. The van der Waals surface area contributed by atoms with Crippen LogP contribution in [0.25, 0.3) is 11.4 Å². The fourth-order valence-electron chi connectivity index (χ4n) is 1.44. The van der Waals surface area contributed by atoms with E-state index in [-0.39, 0.29) is 16.4 Å². The van der Waals surface area contributed by atoms with Gasteiger partial charge in [0.2, 0.25) is 0 Å². The monoisotopic (exact) mass is 270 g/mol. The topological polar surface area (TPSA) is 25.8 Å². The lowest BCUT2D eigenvalue weighted by atomic mass is 10.2. The third-order valence-electron chi connectivity index (χ3n) is 2.30. The summed E-state index contributed by atoms with van der Waals surface area (Å²) < 4.78 is 13.8. The van der Waals surface area contributed by atoms with Gasteiger partial charge < -0.3 is 0 Å². The smallest absolute Gasteiger partial charge is 0.164 e. The van der Waals surface area contributed by atoms with Crippen LogP contribution in [-0.2, 0) is 6.42 Å². The summed E-state index contributed by atoms with van der Waals surface area (Å²) in [5.74, 6) is -0.271. The molecule has 0 radical (unpaired) electrons. The van der Waals surface area contributed by atoms with Gasteiger partial charge in [0.25, 0.3) is 0 Å². The predicted octanol–water partition coefficient (Wildman–Crippen LogP) is 4.15. The van der Waals surface area contributed by atoms with Crippen molar-refractivity contribution in [2.24, 2.45) is 0 Å². The SMILES string of the molecule is CCc1cc(Cl)nc(-c2cccc(Cl)c2F)n1. The molecule has 1 aromatic carbocycles. The van der Waals surface area contributed by atoms with E-state index in [4.69, 9.17) is 23.2 Å². The van der Waals surface area contributed by atoms with Gasteiger partial charge in [0, 0.05) is 5.69 Å². The van der Waals surface area contributed by atoms with Crippen molar-refractivity contribution in [2.75, 3.05) is 0 Å². The zero-order valence-electron chi connectivity index (χ0n) is 9.04. The molecule has 2 nitrogen and oxygen atoms in total. The molecular formula is C12H9Cl2FN2. The van der Waals surface area contributed by atoms with Crippen LogP contribution in [0.15, 0.2) is 24.3 Å². The summed E-state index contributed by atoms with van der Waals surface area (Å²) >= 11 is 11.6. The first kappa shape index (κ1) is 12.3. The van der Waals surface area contributed by atoms with Crippen LogP contribution in [0.2, 0.25) is 10.2 Å². The molecule has 0 aliphatic rings. The summed E-state index contributed by atoms with van der Waals surface area (Å²) in [6.45, 7) is 1.94. The first-order valence-corrected chi connectivity index (χ1v) is 5.85. The second kappa shape index (κ2) is 4.98. The minimum Gasteiger partial charge on any atom is -0.233 e. The average molecular weight is 271 g/mol. The van der Waals surface area contributed by atoms with Crippen molar-refractivity contribution < 1.29 is 4.39 Å². The maximum atomic E-state index is 13.8. The van der Waals surface area contributed by atoms with E-state index >= 15 is 0 Å². The zero-order chi connectivity index (χ0) is 12.4. The fourth-order valence-corrected chi connectivity index (χ4v) is 1.82. The molecular weight excluding hydrogens is 262 g/mol. The maximum Gasteiger partial charge on any atom is 0.164 e. The van der Waals surface area contributed by atoms with Crippen molar-refractivity contribution in [3.8, 4) is 11.4 Å². The van der Waals surface area contributed by atoms with E-state index in [1.165, 1.54) is 6.07 Å². The van der Waals surface area contributed by atoms with E-state index in [1.807, 2.05) is 6.92 Å². The van der Waals surface area contributed by atoms with Crippen LogP contribution in [0.1, 0.15) is 12.6 Å². The summed E-state index contributed by atoms with van der Waals surface area (Å²) in [6.07, 6.45) is 0.706. The highest BCUT2D eigenvalue weighted by atomic mass is 35.5. The molecule has 0 bridgehead atoms. The largest absolute Gasteiger partial charge is 0.233 e. The molecule has 0 N–H and O–H groups in total. The first-order valence-electron chi connectivity index (χ1n) is 5.09. The Kier molecular flexibility index (Phi) is 3.60. The molecule has 0 saturated carbocycles. The Labute approximate surface area is 108 Å². The van der Waals surface area contributed by atoms with Crippen LogP contribution in [0.4, 0.5) is 4.39 Å². The fraction of sp³-hybridized carbons (Fsp3) is 0.167. The Morgan fingerprint density at radius 3 is 2.71 bits per heavy atom. The van der Waals surface area contributed by atoms with Gasteiger partial charge >= 0.3 is 0 Å². The summed E-state index contributed by atoms with van der Waals surface area (Å²) in [6, 6.07) is 6.36. The number of rotatable bonds is 2. The summed E-state index contributed by atoms with van der Waals surface area (Å²) in [4.78, 5) is 8.24. The average Bonchev–Trinajstić information content (AvgIpc) is 2.31. The first-order chi connectivity index (χ1) is 8.11. The van der Waals surface area contributed by atoms with E-state index in [0.29, 0.717) is 11.6 Å². The molecule has 0 atom stereocenters. The van der Waals surface area contributed by atoms with E-state index < -0.39 is 5.82 Å². The van der Waals surface area contributed by atoms with Gasteiger partial charge in [0.05, 0.1) is 10.6 Å². The number of hydrogen-bond acceptors (Lipinski definition) is 2. The Morgan fingerprint density at radius 2 is 2.00 bits per heavy atom. The molecule has 2 aromatic rings. The van der Waals surface area contributed by atoms with Gasteiger partial charge in [0.1, 0.15) is 5.15 Å². The number of halogens is 3. The van der Waals surface area contributed by atoms with E-state index in [2.05, 4.69) is 9.97 Å². The van der Waals surface area contributed by atoms with Crippen LogP contribution in [0, 0.1) is 5.82 Å². The van der Waals surface area contributed by atoms with Crippen LogP contribution < -0.4 is 0 Å². The molecule has 1 aromatic heterocycles. The second-order valence-electron chi connectivity index (χ2n) is 3.46. The van der Waals surface area contributed by atoms with E-state index in [1.54, 1.807) is 18.2 Å². The molecule has 17 heavy (non-hydrogen) atoms. The Morgan fingerprint density at radius 1 is 1.24 bits per heavy atom. The zero-order valence-corrected chi connectivity index (χ0v) is 10.6. The molecule has 0 spiro atoms. The van der Waals surface area contributed by atoms with Gasteiger partial charge in [-0.15, -0.1) is 0 Å². The molecule has 0 unspecified atom stereocenters. The minimum atomic E-state index is -0.529. The number of aryl methyl sites for hydroxylation is 1. The maximum absolute atomic E-state index is 13.8. The van der Waals surface area contributed by atoms with Crippen LogP contribution in [-0.4, -0.2) is 9.97 Å². The molecule has 0 aliphatic heterocycles. The van der Waals surface area contributed by atoms with E-state index in [0.717, 1.165) is 5.69 Å². The molecule has 0 amide bonds. The number of aromatic nitrogens is 2. The Balaban J connectivity index is 2.60. The number of nitrogens with zero attached hydrogens (tertiary/aromatic N) is 2. The van der Waals surface area contributed by atoms with Crippen molar-refractivity contribution in [3.05, 3.63) is 46.0 Å². The highest BCUT2D eigenvalue weighted by Gasteiger charge is 2.12. The van der Waals surface area contributed by atoms with Crippen molar-refractivity contribution in [1.29, 1.82) is 0 Å². The van der Waals surface area contributed by atoms with Crippen molar-refractivity contribution in [3.63, 3.8) is 0 Å². The molecule has 0 aliphatic carbocycles. The van der Waals surface area contributed by atoms with Gasteiger partial charge in [-0.25, -0.2) is 14.4 Å². The lowest BCUT2D eigenvalue weighted by Gasteiger charge is -2.05. The van der Waals surface area contributed by atoms with E-state index in [9.17, 15) is 4.39 Å². The lowest BCUT2D eigenvalue weighted by Crippen LogP contribution is -1.97. The molecule has 0 saturated heterocycles. The Bertz CT molecular complexity index is 558. The molecule has 2 rings (SSSR count). The van der Waals surface area contributed by atoms with Gasteiger partial charge in [0.15, 0.2) is 11.6 Å². The molecule has 5 heteroatoms. The van der Waals surface area contributed by atoms with Gasteiger partial charge in [-0.05, 0) is 24.6 Å².